The Morgan fingerprint density at radius 3 is 2.59 bits per heavy atom. The molecule has 0 aliphatic heterocycles. The Labute approximate surface area is 158 Å². The minimum absolute atomic E-state index is 0.130. The Balaban J connectivity index is 1.69. The first-order valence-electron chi connectivity index (χ1n) is 9.06. The zero-order chi connectivity index (χ0) is 19.4. The lowest BCUT2D eigenvalue weighted by Gasteiger charge is -2.24. The quantitative estimate of drug-likeness (QED) is 0.550. The average Bonchev–Trinajstić information content (AvgIpc) is 3.51. The molecule has 2 N–H and O–H groups in total. The summed E-state index contributed by atoms with van der Waals surface area (Å²) in [6.45, 7) is 2.57. The van der Waals surface area contributed by atoms with Crippen LogP contribution >= 0.6 is 0 Å². The molecule has 1 fully saturated rings. The van der Waals surface area contributed by atoms with Crippen molar-refractivity contribution in [3.63, 3.8) is 0 Å². The minimum atomic E-state index is -0.481. The van der Waals surface area contributed by atoms with Gasteiger partial charge in [0.2, 0.25) is 0 Å². The number of carbonyl (C=O) groups excluding carboxylic acids is 1. The lowest BCUT2D eigenvalue weighted by Crippen LogP contribution is -2.41. The van der Waals surface area contributed by atoms with E-state index in [0.29, 0.717) is 18.3 Å². The molecule has 0 spiro atoms. The SMILES string of the molecule is CC(CNC(=O)c1ccc(Nc2ccccc2)c([N+](=O)[O-])c1)N(C)C1CC1. The van der Waals surface area contributed by atoms with Gasteiger partial charge in [-0.15, -0.1) is 0 Å². The molecule has 0 heterocycles. The maximum atomic E-state index is 12.4. The molecule has 1 atom stereocenters. The molecule has 0 aromatic heterocycles. The predicted molar refractivity (Wildman–Crippen MR) is 105 cm³/mol. The fourth-order valence-electron chi connectivity index (χ4n) is 2.93. The van der Waals surface area contributed by atoms with Gasteiger partial charge in [0.15, 0.2) is 0 Å². The summed E-state index contributed by atoms with van der Waals surface area (Å²) in [5.74, 6) is -0.305. The third kappa shape index (κ3) is 4.83. The molecule has 1 aliphatic rings. The molecule has 1 saturated carbocycles. The normalized spacial score (nSPS) is 14.6. The third-order valence-corrected chi connectivity index (χ3v) is 4.89. The standard InChI is InChI=1S/C20H24N4O3/c1-14(23(2)17-9-10-17)13-21-20(25)15-8-11-18(19(12-15)24(26)27)22-16-6-4-3-5-7-16/h3-8,11-12,14,17,22H,9-10,13H2,1-2H3,(H,21,25). The summed E-state index contributed by atoms with van der Waals surface area (Å²) in [5.41, 5.74) is 1.25. The van der Waals surface area contributed by atoms with E-state index in [-0.39, 0.29) is 23.2 Å². The van der Waals surface area contributed by atoms with E-state index in [1.807, 2.05) is 30.3 Å². The molecule has 27 heavy (non-hydrogen) atoms. The molecular formula is C20H24N4O3. The maximum Gasteiger partial charge on any atom is 0.293 e. The molecule has 1 amide bonds. The zero-order valence-electron chi connectivity index (χ0n) is 15.5. The van der Waals surface area contributed by atoms with Gasteiger partial charge in [0.1, 0.15) is 5.69 Å². The molecule has 2 aromatic carbocycles. The molecule has 0 radical (unpaired) electrons. The van der Waals surface area contributed by atoms with Crippen molar-refractivity contribution in [1.82, 2.24) is 10.2 Å². The van der Waals surface area contributed by atoms with Gasteiger partial charge in [0.25, 0.3) is 11.6 Å². The van der Waals surface area contributed by atoms with Gasteiger partial charge < -0.3 is 10.6 Å². The van der Waals surface area contributed by atoms with E-state index >= 15 is 0 Å². The lowest BCUT2D eigenvalue weighted by molar-refractivity contribution is -0.383. The van der Waals surface area contributed by atoms with Crippen LogP contribution in [0.2, 0.25) is 0 Å². The molecular weight excluding hydrogens is 344 g/mol. The highest BCUT2D eigenvalue weighted by Gasteiger charge is 2.29. The number of rotatable bonds is 8. The van der Waals surface area contributed by atoms with Crippen LogP contribution in [0, 0.1) is 10.1 Å². The van der Waals surface area contributed by atoms with E-state index in [0.717, 1.165) is 5.69 Å². The van der Waals surface area contributed by atoms with Crippen LogP contribution in [0.5, 0.6) is 0 Å². The molecule has 1 unspecified atom stereocenters. The molecule has 2 aromatic rings. The van der Waals surface area contributed by atoms with Gasteiger partial charge in [-0.3, -0.25) is 19.8 Å². The predicted octanol–water partition coefficient (Wildman–Crippen LogP) is 3.55. The van der Waals surface area contributed by atoms with Crippen LogP contribution in [0.4, 0.5) is 17.1 Å². The number of likely N-dealkylation sites (N-methyl/N-ethyl adjacent to an activating group) is 1. The van der Waals surface area contributed by atoms with E-state index in [1.165, 1.54) is 18.9 Å². The molecule has 142 valence electrons. The van der Waals surface area contributed by atoms with Crippen LogP contribution in [0.1, 0.15) is 30.1 Å². The Morgan fingerprint density at radius 2 is 1.96 bits per heavy atom. The first-order chi connectivity index (χ1) is 13.0. The van der Waals surface area contributed by atoms with Crippen LogP contribution in [-0.2, 0) is 0 Å². The van der Waals surface area contributed by atoms with Crippen LogP contribution < -0.4 is 10.6 Å². The molecule has 0 bridgehead atoms. The number of nitro benzene ring substituents is 1. The summed E-state index contributed by atoms with van der Waals surface area (Å²) in [7, 11) is 2.06. The van der Waals surface area contributed by atoms with Gasteiger partial charge in [0.05, 0.1) is 4.92 Å². The molecule has 7 heteroatoms. The summed E-state index contributed by atoms with van der Waals surface area (Å²) in [5, 5.41) is 17.3. The van der Waals surface area contributed by atoms with Crippen LogP contribution in [-0.4, -0.2) is 41.4 Å². The molecule has 7 nitrogen and oxygen atoms in total. The van der Waals surface area contributed by atoms with Crippen molar-refractivity contribution in [3.8, 4) is 0 Å². The fraction of sp³-hybridized carbons (Fsp3) is 0.350. The second-order valence-corrected chi connectivity index (χ2v) is 6.94. The van der Waals surface area contributed by atoms with E-state index in [1.54, 1.807) is 12.1 Å². The van der Waals surface area contributed by atoms with Gasteiger partial charge in [-0.25, -0.2) is 0 Å². The summed E-state index contributed by atoms with van der Waals surface area (Å²) >= 11 is 0. The average molecular weight is 368 g/mol. The Kier molecular flexibility index (Phi) is 5.71. The van der Waals surface area contributed by atoms with Crippen molar-refractivity contribution in [2.45, 2.75) is 31.8 Å². The molecule has 3 rings (SSSR count). The number of para-hydroxylation sites is 1. The summed E-state index contributed by atoms with van der Waals surface area (Å²) in [6, 6.07) is 14.5. The number of amides is 1. The highest BCUT2D eigenvalue weighted by Crippen LogP contribution is 2.29. The topological polar surface area (TPSA) is 87.5 Å². The molecule has 1 aliphatic carbocycles. The number of anilines is 2. The van der Waals surface area contributed by atoms with E-state index in [2.05, 4.69) is 29.5 Å². The first kappa shape index (κ1) is 18.8. The van der Waals surface area contributed by atoms with E-state index in [4.69, 9.17) is 0 Å². The van der Waals surface area contributed by atoms with Gasteiger partial charge in [-0.05, 0) is 51.1 Å². The second kappa shape index (κ2) is 8.18. The van der Waals surface area contributed by atoms with Crippen molar-refractivity contribution in [2.75, 3.05) is 18.9 Å². The number of hydrogen-bond donors (Lipinski definition) is 2. The Morgan fingerprint density at radius 1 is 1.26 bits per heavy atom. The van der Waals surface area contributed by atoms with Gasteiger partial charge in [-0.2, -0.15) is 0 Å². The van der Waals surface area contributed by atoms with Crippen molar-refractivity contribution in [1.29, 1.82) is 0 Å². The van der Waals surface area contributed by atoms with E-state index in [9.17, 15) is 14.9 Å². The maximum absolute atomic E-state index is 12.4. The largest absolute Gasteiger partial charge is 0.350 e. The Bertz CT molecular complexity index is 821. The third-order valence-electron chi connectivity index (χ3n) is 4.89. The number of benzene rings is 2. The first-order valence-corrected chi connectivity index (χ1v) is 9.06. The van der Waals surface area contributed by atoms with Crippen molar-refractivity contribution < 1.29 is 9.72 Å². The minimum Gasteiger partial charge on any atom is -0.350 e. The number of nitrogens with one attached hydrogen (secondary N) is 2. The monoisotopic (exact) mass is 368 g/mol. The smallest absolute Gasteiger partial charge is 0.293 e. The summed E-state index contributed by atoms with van der Waals surface area (Å²) < 4.78 is 0. The zero-order valence-corrected chi connectivity index (χ0v) is 15.5. The summed E-state index contributed by atoms with van der Waals surface area (Å²) in [4.78, 5) is 25.7. The number of hydrogen-bond acceptors (Lipinski definition) is 5. The van der Waals surface area contributed by atoms with Gasteiger partial charge >= 0.3 is 0 Å². The van der Waals surface area contributed by atoms with Crippen LogP contribution in [0.3, 0.4) is 0 Å². The van der Waals surface area contributed by atoms with Crippen molar-refractivity contribution >= 4 is 23.0 Å². The van der Waals surface area contributed by atoms with Crippen molar-refractivity contribution in [3.05, 3.63) is 64.2 Å². The number of nitrogens with zero attached hydrogens (tertiary/aromatic N) is 2. The van der Waals surface area contributed by atoms with Gasteiger partial charge in [-0.1, -0.05) is 18.2 Å². The number of nitro groups is 1. The number of carbonyl (C=O) groups is 1. The van der Waals surface area contributed by atoms with Crippen LogP contribution in [0.15, 0.2) is 48.5 Å². The van der Waals surface area contributed by atoms with Gasteiger partial charge in [0, 0.05) is 35.9 Å². The highest BCUT2D eigenvalue weighted by atomic mass is 16.6. The second-order valence-electron chi connectivity index (χ2n) is 6.94. The fourth-order valence-corrected chi connectivity index (χ4v) is 2.93. The highest BCUT2D eigenvalue weighted by molar-refractivity contribution is 5.96. The lowest BCUT2D eigenvalue weighted by atomic mass is 10.1. The van der Waals surface area contributed by atoms with E-state index < -0.39 is 4.92 Å². The molecule has 0 saturated heterocycles. The summed E-state index contributed by atoms with van der Waals surface area (Å²) in [6.07, 6.45) is 2.41. The van der Waals surface area contributed by atoms with Crippen LogP contribution in [0.25, 0.3) is 0 Å². The Hall–Kier alpha value is -2.93. The van der Waals surface area contributed by atoms with Crippen molar-refractivity contribution in [2.24, 2.45) is 0 Å².